The van der Waals surface area contributed by atoms with E-state index < -0.39 is 0 Å². The van der Waals surface area contributed by atoms with Crippen molar-refractivity contribution in [3.05, 3.63) is 80.9 Å². The summed E-state index contributed by atoms with van der Waals surface area (Å²) in [7, 11) is 0. The lowest BCUT2D eigenvalue weighted by Gasteiger charge is -2.05. The molecule has 2 aromatic heterocycles. The second-order valence-corrected chi connectivity index (χ2v) is 7.86. The van der Waals surface area contributed by atoms with E-state index in [4.69, 9.17) is 9.98 Å². The summed E-state index contributed by atoms with van der Waals surface area (Å²) in [6, 6.07) is 19.6. The lowest BCUT2D eigenvalue weighted by atomic mass is 10.1. The number of nitrogens with zero attached hydrogens (tertiary/aromatic N) is 3. The van der Waals surface area contributed by atoms with E-state index in [9.17, 15) is 5.11 Å². The van der Waals surface area contributed by atoms with Crippen molar-refractivity contribution in [3.63, 3.8) is 0 Å². The monoisotopic (exact) mass is 483 g/mol. The maximum Gasteiger partial charge on any atom is 0.165 e. The number of hydrogen-bond acceptors (Lipinski definition) is 3. The van der Waals surface area contributed by atoms with Crippen LogP contribution in [0.25, 0.3) is 16.9 Å². The summed E-state index contributed by atoms with van der Waals surface area (Å²) in [5, 5.41) is 10.3. The minimum absolute atomic E-state index is 0.147. The molecule has 4 nitrogen and oxygen atoms in total. The number of imidazole rings is 1. The van der Waals surface area contributed by atoms with Crippen LogP contribution in [0, 0.1) is 6.92 Å². The number of benzene rings is 2. The van der Waals surface area contributed by atoms with Crippen molar-refractivity contribution in [2.75, 3.05) is 0 Å². The van der Waals surface area contributed by atoms with E-state index in [-0.39, 0.29) is 5.75 Å². The SMILES string of the molecule is Cc1cccc2nc(-c3ccccc3)c(N=Cc3cc(Br)cc(Br)c3O)n12. The summed E-state index contributed by atoms with van der Waals surface area (Å²) in [6.07, 6.45) is 1.66. The zero-order valence-electron chi connectivity index (χ0n) is 14.4. The molecule has 0 aliphatic rings. The Morgan fingerprint density at radius 1 is 1.04 bits per heavy atom. The number of phenolic OH excluding ortho intramolecular Hbond substituents is 1. The number of aromatic hydroxyl groups is 1. The highest BCUT2D eigenvalue weighted by atomic mass is 79.9. The predicted octanol–water partition coefficient (Wildman–Crippen LogP) is 6.29. The van der Waals surface area contributed by atoms with Crippen LogP contribution >= 0.6 is 31.9 Å². The van der Waals surface area contributed by atoms with E-state index in [0.717, 1.165) is 32.9 Å². The van der Waals surface area contributed by atoms with Crippen LogP contribution in [0.3, 0.4) is 0 Å². The Kier molecular flexibility index (Phi) is 4.85. The third-order valence-corrected chi connectivity index (χ3v) is 5.31. The Labute approximate surface area is 173 Å². The molecule has 27 heavy (non-hydrogen) atoms. The average Bonchev–Trinajstić information content (AvgIpc) is 3.04. The zero-order chi connectivity index (χ0) is 19.0. The first-order valence-corrected chi connectivity index (χ1v) is 9.89. The standard InChI is InChI=1S/C21H15Br2N3O/c1-13-6-5-9-18-25-19(14-7-3-2-4-8-14)21(26(13)18)24-12-15-10-16(22)11-17(23)20(15)27/h2-12,27H,1H3. The molecule has 0 fully saturated rings. The Bertz CT molecular complexity index is 1170. The van der Waals surface area contributed by atoms with E-state index in [0.29, 0.717) is 10.0 Å². The Morgan fingerprint density at radius 3 is 2.59 bits per heavy atom. The van der Waals surface area contributed by atoms with Crippen molar-refractivity contribution in [2.45, 2.75) is 6.92 Å². The second kappa shape index (κ2) is 7.29. The largest absolute Gasteiger partial charge is 0.506 e. The highest BCUT2D eigenvalue weighted by Gasteiger charge is 2.15. The van der Waals surface area contributed by atoms with E-state index >= 15 is 0 Å². The first-order chi connectivity index (χ1) is 13.0. The second-order valence-electron chi connectivity index (χ2n) is 6.09. The van der Waals surface area contributed by atoms with E-state index in [1.807, 2.05) is 65.9 Å². The van der Waals surface area contributed by atoms with E-state index in [1.54, 1.807) is 12.3 Å². The molecule has 0 atom stereocenters. The molecule has 0 saturated carbocycles. The van der Waals surface area contributed by atoms with Gasteiger partial charge in [-0.1, -0.05) is 52.3 Å². The lowest BCUT2D eigenvalue weighted by Crippen LogP contribution is -1.91. The summed E-state index contributed by atoms with van der Waals surface area (Å²) in [6.45, 7) is 2.02. The fourth-order valence-electron chi connectivity index (χ4n) is 2.96. The number of fused-ring (bicyclic) bond motifs is 1. The number of hydrogen-bond donors (Lipinski definition) is 1. The molecular weight excluding hydrogens is 470 g/mol. The highest BCUT2D eigenvalue weighted by molar-refractivity contribution is 9.11. The molecule has 4 aromatic rings. The van der Waals surface area contributed by atoms with Crippen molar-refractivity contribution in [3.8, 4) is 17.0 Å². The first kappa shape index (κ1) is 17.9. The minimum Gasteiger partial charge on any atom is -0.506 e. The lowest BCUT2D eigenvalue weighted by molar-refractivity contribution is 0.471. The van der Waals surface area contributed by atoms with Crippen LogP contribution in [0.15, 0.2) is 74.6 Å². The number of aromatic nitrogens is 2. The van der Waals surface area contributed by atoms with Crippen LogP contribution in [-0.4, -0.2) is 20.7 Å². The van der Waals surface area contributed by atoms with E-state index in [1.165, 1.54) is 0 Å². The van der Waals surface area contributed by atoms with Gasteiger partial charge in [-0.15, -0.1) is 0 Å². The number of aliphatic imine (C=N–C) groups is 1. The van der Waals surface area contributed by atoms with Gasteiger partial charge < -0.3 is 5.11 Å². The quantitative estimate of drug-likeness (QED) is 0.347. The Morgan fingerprint density at radius 2 is 1.81 bits per heavy atom. The number of aryl methyl sites for hydroxylation is 1. The van der Waals surface area contributed by atoms with Crippen LogP contribution in [-0.2, 0) is 0 Å². The fourth-order valence-corrected chi connectivity index (χ4v) is 4.22. The van der Waals surface area contributed by atoms with Crippen molar-refractivity contribution in [1.29, 1.82) is 0 Å². The van der Waals surface area contributed by atoms with Gasteiger partial charge in [0.1, 0.15) is 17.1 Å². The van der Waals surface area contributed by atoms with Crippen LogP contribution in [0.4, 0.5) is 5.82 Å². The van der Waals surface area contributed by atoms with E-state index in [2.05, 4.69) is 31.9 Å². The highest BCUT2D eigenvalue weighted by Crippen LogP contribution is 2.34. The number of pyridine rings is 1. The van der Waals surface area contributed by atoms with Crippen molar-refractivity contribution in [1.82, 2.24) is 9.38 Å². The molecule has 0 amide bonds. The van der Waals surface area contributed by atoms with Crippen molar-refractivity contribution in [2.24, 2.45) is 4.99 Å². The summed E-state index contributed by atoms with van der Waals surface area (Å²) in [5.41, 5.74) is 4.27. The molecule has 2 aromatic carbocycles. The first-order valence-electron chi connectivity index (χ1n) is 8.30. The maximum absolute atomic E-state index is 10.3. The van der Waals surface area contributed by atoms with Gasteiger partial charge in [-0.05, 0) is 47.1 Å². The van der Waals surface area contributed by atoms with Crippen molar-refractivity contribution < 1.29 is 5.11 Å². The molecular formula is C21H15Br2N3O. The number of rotatable bonds is 3. The molecule has 6 heteroatoms. The predicted molar refractivity (Wildman–Crippen MR) is 116 cm³/mol. The molecule has 1 N–H and O–H groups in total. The molecule has 0 aliphatic carbocycles. The maximum atomic E-state index is 10.3. The molecule has 0 spiro atoms. The minimum atomic E-state index is 0.147. The molecule has 0 radical (unpaired) electrons. The third-order valence-electron chi connectivity index (χ3n) is 4.25. The van der Waals surface area contributed by atoms with Gasteiger partial charge in [-0.3, -0.25) is 4.40 Å². The van der Waals surface area contributed by atoms with Gasteiger partial charge in [-0.25, -0.2) is 9.98 Å². The van der Waals surface area contributed by atoms with Crippen molar-refractivity contribution >= 4 is 49.5 Å². The summed E-state index contributed by atoms with van der Waals surface area (Å²) in [5.74, 6) is 0.874. The van der Waals surface area contributed by atoms with Crippen LogP contribution < -0.4 is 0 Å². The molecule has 0 unspecified atom stereocenters. The van der Waals surface area contributed by atoms with Crippen LogP contribution in [0.2, 0.25) is 0 Å². The molecule has 0 aliphatic heterocycles. The molecule has 2 heterocycles. The van der Waals surface area contributed by atoms with Crippen LogP contribution in [0.1, 0.15) is 11.3 Å². The molecule has 4 rings (SSSR count). The smallest absolute Gasteiger partial charge is 0.165 e. The Balaban J connectivity index is 1.93. The Hall–Kier alpha value is -2.44. The normalized spacial score (nSPS) is 11.5. The van der Waals surface area contributed by atoms with Gasteiger partial charge in [0, 0.05) is 27.5 Å². The van der Waals surface area contributed by atoms with Gasteiger partial charge in [0.2, 0.25) is 0 Å². The van der Waals surface area contributed by atoms with Crippen LogP contribution in [0.5, 0.6) is 5.75 Å². The topological polar surface area (TPSA) is 49.9 Å². The molecule has 134 valence electrons. The molecule has 0 saturated heterocycles. The third kappa shape index (κ3) is 3.42. The fraction of sp³-hybridized carbons (Fsp3) is 0.0476. The average molecular weight is 485 g/mol. The zero-order valence-corrected chi connectivity index (χ0v) is 17.6. The summed E-state index contributed by atoms with van der Waals surface area (Å²) in [4.78, 5) is 9.50. The molecule has 0 bridgehead atoms. The summed E-state index contributed by atoms with van der Waals surface area (Å²) < 4.78 is 3.48. The van der Waals surface area contributed by atoms with Gasteiger partial charge >= 0.3 is 0 Å². The number of phenols is 1. The van der Waals surface area contributed by atoms with Gasteiger partial charge in [0.15, 0.2) is 5.82 Å². The summed E-state index contributed by atoms with van der Waals surface area (Å²) >= 11 is 6.81. The number of halogens is 2. The van der Waals surface area contributed by atoms with Gasteiger partial charge in [-0.2, -0.15) is 0 Å². The van der Waals surface area contributed by atoms with Gasteiger partial charge in [0.05, 0.1) is 4.47 Å². The van der Waals surface area contributed by atoms with Gasteiger partial charge in [0.25, 0.3) is 0 Å².